The molecule has 1 atom stereocenters. The number of aryl methyl sites for hydroxylation is 1. The summed E-state index contributed by atoms with van der Waals surface area (Å²) in [5.41, 5.74) is 7.44. The van der Waals surface area contributed by atoms with Crippen molar-refractivity contribution in [1.82, 2.24) is 9.97 Å². The molecule has 0 spiro atoms. The van der Waals surface area contributed by atoms with Crippen LogP contribution in [0.25, 0.3) is 0 Å². The summed E-state index contributed by atoms with van der Waals surface area (Å²) in [5.74, 6) is 0.711. The van der Waals surface area contributed by atoms with Crippen molar-refractivity contribution in [2.75, 3.05) is 26.4 Å². The van der Waals surface area contributed by atoms with Crippen LogP contribution in [0.2, 0.25) is 0 Å². The van der Waals surface area contributed by atoms with Gasteiger partial charge in [-0.25, -0.2) is 9.97 Å². The van der Waals surface area contributed by atoms with Gasteiger partial charge in [-0.15, -0.1) is 0 Å². The summed E-state index contributed by atoms with van der Waals surface area (Å²) in [6, 6.07) is 1.96. The Balaban J connectivity index is 2.18. The minimum atomic E-state index is -0.134. The minimum absolute atomic E-state index is 0.134. The second-order valence-corrected chi connectivity index (χ2v) is 3.83. The summed E-state index contributed by atoms with van der Waals surface area (Å²) in [4.78, 5) is 8.83. The van der Waals surface area contributed by atoms with E-state index in [1.807, 2.05) is 13.0 Å². The van der Waals surface area contributed by atoms with Crippen LogP contribution in [0, 0.1) is 6.92 Å². The van der Waals surface area contributed by atoms with Crippen LogP contribution in [-0.4, -0.2) is 36.3 Å². The molecule has 1 aliphatic rings. The van der Waals surface area contributed by atoms with E-state index in [1.165, 1.54) is 0 Å². The Kier molecular flexibility index (Phi) is 3.82. The van der Waals surface area contributed by atoms with Crippen molar-refractivity contribution < 1.29 is 9.47 Å². The van der Waals surface area contributed by atoms with E-state index in [9.17, 15) is 0 Å². The highest BCUT2D eigenvalue weighted by atomic mass is 16.6. The molecule has 88 valence electrons. The van der Waals surface area contributed by atoms with Gasteiger partial charge in [0.1, 0.15) is 6.10 Å². The van der Waals surface area contributed by atoms with Crippen molar-refractivity contribution in [1.29, 1.82) is 0 Å². The van der Waals surface area contributed by atoms with Crippen LogP contribution in [0.4, 0.5) is 0 Å². The van der Waals surface area contributed by atoms with E-state index in [0.717, 1.165) is 17.8 Å². The van der Waals surface area contributed by atoms with Crippen molar-refractivity contribution >= 4 is 0 Å². The number of hydrogen-bond donors (Lipinski definition) is 1. The van der Waals surface area contributed by atoms with Gasteiger partial charge in [0.2, 0.25) is 0 Å². The van der Waals surface area contributed by atoms with Gasteiger partial charge in [0.15, 0.2) is 5.82 Å². The first kappa shape index (κ1) is 11.4. The molecule has 1 unspecified atom stereocenters. The SMILES string of the molecule is Cc1cc(CCN)nc(C2COCCO2)n1. The summed E-state index contributed by atoms with van der Waals surface area (Å²) < 4.78 is 10.9. The molecular weight excluding hydrogens is 206 g/mol. The summed E-state index contributed by atoms with van der Waals surface area (Å²) in [6.45, 7) is 4.34. The maximum Gasteiger partial charge on any atom is 0.159 e. The van der Waals surface area contributed by atoms with E-state index in [2.05, 4.69) is 9.97 Å². The molecule has 2 rings (SSSR count). The lowest BCUT2D eigenvalue weighted by atomic mass is 10.2. The Bertz CT molecular complexity index is 351. The Labute approximate surface area is 95.0 Å². The normalized spacial score (nSPS) is 21.0. The molecule has 16 heavy (non-hydrogen) atoms. The molecule has 1 aromatic rings. The molecule has 0 aromatic carbocycles. The predicted octanol–water partition coefficient (Wildman–Crippen LogP) is 0.374. The summed E-state index contributed by atoms with van der Waals surface area (Å²) >= 11 is 0. The van der Waals surface area contributed by atoms with Crippen LogP contribution >= 0.6 is 0 Å². The van der Waals surface area contributed by atoms with Gasteiger partial charge in [0.25, 0.3) is 0 Å². The third-order valence-corrected chi connectivity index (χ3v) is 2.43. The lowest BCUT2D eigenvalue weighted by Gasteiger charge is -2.22. The Morgan fingerprint density at radius 1 is 1.44 bits per heavy atom. The van der Waals surface area contributed by atoms with E-state index < -0.39 is 0 Å². The molecule has 2 N–H and O–H groups in total. The van der Waals surface area contributed by atoms with Gasteiger partial charge in [-0.1, -0.05) is 0 Å². The predicted molar refractivity (Wildman–Crippen MR) is 59.0 cm³/mol. The van der Waals surface area contributed by atoms with E-state index in [-0.39, 0.29) is 6.10 Å². The van der Waals surface area contributed by atoms with E-state index in [4.69, 9.17) is 15.2 Å². The molecule has 0 aliphatic carbocycles. The Hall–Kier alpha value is -1.04. The smallest absolute Gasteiger partial charge is 0.159 e. The topological polar surface area (TPSA) is 70.3 Å². The number of rotatable bonds is 3. The van der Waals surface area contributed by atoms with Gasteiger partial charge >= 0.3 is 0 Å². The second kappa shape index (κ2) is 5.34. The molecule has 5 nitrogen and oxygen atoms in total. The zero-order valence-electron chi connectivity index (χ0n) is 9.48. The number of ether oxygens (including phenoxy) is 2. The first-order valence-electron chi connectivity index (χ1n) is 5.53. The highest BCUT2D eigenvalue weighted by Crippen LogP contribution is 2.17. The lowest BCUT2D eigenvalue weighted by Crippen LogP contribution is -2.24. The quantitative estimate of drug-likeness (QED) is 0.802. The molecule has 1 aromatic heterocycles. The van der Waals surface area contributed by atoms with Crippen LogP contribution in [0.3, 0.4) is 0 Å². The monoisotopic (exact) mass is 223 g/mol. The molecule has 2 heterocycles. The molecule has 0 amide bonds. The number of aromatic nitrogens is 2. The average Bonchev–Trinajstić information content (AvgIpc) is 2.30. The number of nitrogens with two attached hydrogens (primary N) is 1. The molecule has 5 heteroatoms. The highest BCUT2D eigenvalue weighted by Gasteiger charge is 2.20. The first-order valence-corrected chi connectivity index (χ1v) is 5.53. The molecule has 0 bridgehead atoms. The van der Waals surface area contributed by atoms with E-state index in [1.54, 1.807) is 0 Å². The van der Waals surface area contributed by atoms with Gasteiger partial charge in [0, 0.05) is 17.8 Å². The highest BCUT2D eigenvalue weighted by molar-refractivity contribution is 5.12. The van der Waals surface area contributed by atoms with Gasteiger partial charge in [-0.05, 0) is 19.5 Å². The van der Waals surface area contributed by atoms with Crippen LogP contribution in [0.1, 0.15) is 23.3 Å². The van der Waals surface area contributed by atoms with E-state index >= 15 is 0 Å². The molecule has 1 aliphatic heterocycles. The van der Waals surface area contributed by atoms with Crippen LogP contribution in [0.15, 0.2) is 6.07 Å². The standard InChI is InChI=1S/C11H17N3O2/c1-8-6-9(2-3-12)14-11(13-8)10-7-15-4-5-16-10/h6,10H,2-5,7,12H2,1H3. The third kappa shape index (κ3) is 2.75. The van der Waals surface area contributed by atoms with Crippen LogP contribution in [0.5, 0.6) is 0 Å². The first-order chi connectivity index (χ1) is 7.79. The largest absolute Gasteiger partial charge is 0.376 e. The average molecular weight is 223 g/mol. The van der Waals surface area contributed by atoms with Crippen LogP contribution < -0.4 is 5.73 Å². The Morgan fingerprint density at radius 3 is 3.00 bits per heavy atom. The van der Waals surface area contributed by atoms with Crippen molar-refractivity contribution in [2.24, 2.45) is 5.73 Å². The third-order valence-electron chi connectivity index (χ3n) is 2.43. The molecule has 1 saturated heterocycles. The molecular formula is C11H17N3O2. The lowest BCUT2D eigenvalue weighted by molar-refractivity contribution is -0.0936. The zero-order chi connectivity index (χ0) is 11.4. The Morgan fingerprint density at radius 2 is 2.31 bits per heavy atom. The van der Waals surface area contributed by atoms with Gasteiger partial charge in [-0.2, -0.15) is 0 Å². The fourth-order valence-electron chi connectivity index (χ4n) is 1.72. The maximum atomic E-state index is 5.57. The number of hydrogen-bond acceptors (Lipinski definition) is 5. The minimum Gasteiger partial charge on any atom is -0.376 e. The zero-order valence-corrected chi connectivity index (χ0v) is 9.48. The van der Waals surface area contributed by atoms with Gasteiger partial charge < -0.3 is 15.2 Å². The van der Waals surface area contributed by atoms with Crippen LogP contribution in [-0.2, 0) is 15.9 Å². The molecule has 1 fully saturated rings. The molecule has 0 radical (unpaired) electrons. The summed E-state index contributed by atoms with van der Waals surface area (Å²) in [7, 11) is 0. The maximum absolute atomic E-state index is 5.57. The summed E-state index contributed by atoms with van der Waals surface area (Å²) in [6.07, 6.45) is 0.634. The van der Waals surface area contributed by atoms with Crippen molar-refractivity contribution in [3.63, 3.8) is 0 Å². The fourth-order valence-corrected chi connectivity index (χ4v) is 1.72. The number of nitrogens with zero attached hydrogens (tertiary/aromatic N) is 2. The second-order valence-electron chi connectivity index (χ2n) is 3.83. The van der Waals surface area contributed by atoms with E-state index in [0.29, 0.717) is 32.2 Å². The van der Waals surface area contributed by atoms with Gasteiger partial charge in [-0.3, -0.25) is 0 Å². The van der Waals surface area contributed by atoms with Gasteiger partial charge in [0.05, 0.1) is 19.8 Å². The molecule has 0 saturated carbocycles. The van der Waals surface area contributed by atoms with Crippen molar-refractivity contribution in [3.05, 3.63) is 23.3 Å². The van der Waals surface area contributed by atoms with Crippen molar-refractivity contribution in [3.8, 4) is 0 Å². The van der Waals surface area contributed by atoms with Crippen molar-refractivity contribution in [2.45, 2.75) is 19.4 Å². The fraction of sp³-hybridized carbons (Fsp3) is 0.636. The summed E-state index contributed by atoms with van der Waals surface area (Å²) in [5, 5.41) is 0.